The molecule has 1 aliphatic rings. The lowest BCUT2D eigenvalue weighted by atomic mass is 9.92. The number of hydrogen-bond donors (Lipinski definition) is 2. The van der Waals surface area contributed by atoms with Gasteiger partial charge in [0, 0.05) is 0 Å². The predicted octanol–water partition coefficient (Wildman–Crippen LogP) is 2.48. The predicted molar refractivity (Wildman–Crippen MR) is 84.2 cm³/mol. The molecule has 116 valence electrons. The number of rotatable bonds is 4. The molecule has 2 aromatic heterocycles. The zero-order valence-electron chi connectivity index (χ0n) is 11.6. The number of furan rings is 1. The van der Waals surface area contributed by atoms with E-state index < -0.39 is 17.4 Å². The lowest BCUT2D eigenvalue weighted by molar-refractivity contribution is -0.144. The molecular weight excluding hydrogens is 324 g/mol. The van der Waals surface area contributed by atoms with Gasteiger partial charge in [-0.3, -0.25) is 4.79 Å². The lowest BCUT2D eigenvalue weighted by Gasteiger charge is -2.33. The summed E-state index contributed by atoms with van der Waals surface area (Å²) >= 11 is 2.89. The largest absolute Gasteiger partial charge is 0.480 e. The average Bonchev–Trinajstić information content (AvgIpc) is 3.19. The Balaban J connectivity index is 1.77. The van der Waals surface area contributed by atoms with Gasteiger partial charge in [0.15, 0.2) is 10.8 Å². The van der Waals surface area contributed by atoms with E-state index in [4.69, 9.17) is 4.42 Å². The molecule has 6 nitrogen and oxygen atoms in total. The van der Waals surface area contributed by atoms with Gasteiger partial charge in [-0.1, -0.05) is 0 Å². The summed E-state index contributed by atoms with van der Waals surface area (Å²) < 4.78 is 5.24. The van der Waals surface area contributed by atoms with Crippen molar-refractivity contribution in [2.45, 2.75) is 18.4 Å². The highest BCUT2D eigenvalue weighted by Crippen LogP contribution is 2.29. The van der Waals surface area contributed by atoms with Gasteiger partial charge in [0.1, 0.15) is 10.4 Å². The standard InChI is InChI=1S/C14H14N2O4S2/c17-11(16-14(13(18)19)3-6-21-7-4-14)10-8-15-12(22-10)9-2-1-5-20-9/h1-2,5,8H,3-4,6-7H2,(H,16,17)(H,18,19). The molecule has 3 heterocycles. The van der Waals surface area contributed by atoms with Crippen LogP contribution in [0.1, 0.15) is 22.5 Å². The van der Waals surface area contributed by atoms with E-state index >= 15 is 0 Å². The molecule has 0 radical (unpaired) electrons. The van der Waals surface area contributed by atoms with E-state index in [1.54, 1.807) is 23.9 Å². The number of hydrogen-bond acceptors (Lipinski definition) is 6. The van der Waals surface area contributed by atoms with Crippen LogP contribution in [0.15, 0.2) is 29.0 Å². The number of carbonyl (C=O) groups excluding carboxylic acids is 1. The molecule has 2 aromatic rings. The van der Waals surface area contributed by atoms with Crippen molar-refractivity contribution in [3.05, 3.63) is 29.5 Å². The summed E-state index contributed by atoms with van der Waals surface area (Å²) in [4.78, 5) is 28.5. The molecule has 22 heavy (non-hydrogen) atoms. The fraction of sp³-hybridized carbons (Fsp3) is 0.357. The summed E-state index contributed by atoms with van der Waals surface area (Å²) in [5.41, 5.74) is -1.17. The zero-order valence-corrected chi connectivity index (χ0v) is 13.2. The van der Waals surface area contributed by atoms with Crippen LogP contribution < -0.4 is 5.32 Å². The van der Waals surface area contributed by atoms with Crippen LogP contribution in [0.5, 0.6) is 0 Å². The number of amides is 1. The molecule has 1 aliphatic heterocycles. The number of thiazole rings is 1. The van der Waals surface area contributed by atoms with Crippen molar-refractivity contribution in [1.29, 1.82) is 0 Å². The number of nitrogens with zero attached hydrogens (tertiary/aromatic N) is 1. The van der Waals surface area contributed by atoms with Crippen LogP contribution in [0.4, 0.5) is 0 Å². The first-order chi connectivity index (χ1) is 10.6. The van der Waals surface area contributed by atoms with Gasteiger partial charge in [-0.05, 0) is 36.5 Å². The highest BCUT2D eigenvalue weighted by Gasteiger charge is 2.41. The Morgan fingerprint density at radius 2 is 2.14 bits per heavy atom. The molecule has 0 atom stereocenters. The first-order valence-electron chi connectivity index (χ1n) is 6.74. The van der Waals surface area contributed by atoms with Crippen LogP contribution in [-0.2, 0) is 4.79 Å². The molecule has 1 amide bonds. The van der Waals surface area contributed by atoms with Crippen molar-refractivity contribution in [1.82, 2.24) is 10.3 Å². The summed E-state index contributed by atoms with van der Waals surface area (Å²) in [6, 6.07) is 3.51. The molecule has 0 saturated carbocycles. The Bertz CT molecular complexity index is 675. The number of aromatic nitrogens is 1. The SMILES string of the molecule is O=C(NC1(C(=O)O)CCSCC1)c1cnc(-c2ccco2)s1. The normalized spacial score (nSPS) is 17.1. The van der Waals surface area contributed by atoms with Gasteiger partial charge < -0.3 is 14.8 Å². The maximum atomic E-state index is 12.4. The van der Waals surface area contributed by atoms with E-state index in [-0.39, 0.29) is 0 Å². The minimum absolute atomic E-state index is 0.380. The van der Waals surface area contributed by atoms with Gasteiger partial charge >= 0.3 is 5.97 Å². The molecule has 2 N–H and O–H groups in total. The van der Waals surface area contributed by atoms with Gasteiger partial charge in [-0.2, -0.15) is 11.8 Å². The van der Waals surface area contributed by atoms with E-state index in [2.05, 4.69) is 10.3 Å². The van der Waals surface area contributed by atoms with Crippen molar-refractivity contribution in [2.24, 2.45) is 0 Å². The smallest absolute Gasteiger partial charge is 0.329 e. The molecule has 1 fully saturated rings. The summed E-state index contributed by atoms with van der Waals surface area (Å²) in [6.07, 6.45) is 3.85. The summed E-state index contributed by atoms with van der Waals surface area (Å²) in [5, 5.41) is 12.8. The van der Waals surface area contributed by atoms with Crippen LogP contribution in [0.2, 0.25) is 0 Å². The number of aliphatic carboxylic acids is 1. The van der Waals surface area contributed by atoms with Crippen molar-refractivity contribution < 1.29 is 19.1 Å². The number of carbonyl (C=O) groups is 2. The summed E-state index contributed by atoms with van der Waals surface area (Å²) in [5.74, 6) is 0.674. The third kappa shape index (κ3) is 2.89. The van der Waals surface area contributed by atoms with Gasteiger partial charge in [-0.15, -0.1) is 11.3 Å². The van der Waals surface area contributed by atoms with Crippen molar-refractivity contribution >= 4 is 35.0 Å². The van der Waals surface area contributed by atoms with Crippen LogP contribution in [0.3, 0.4) is 0 Å². The number of carboxylic acid groups (broad SMARTS) is 1. The third-order valence-corrected chi connectivity index (χ3v) is 5.57. The third-order valence-electron chi connectivity index (χ3n) is 3.57. The Hall–Kier alpha value is -1.80. The molecule has 0 aromatic carbocycles. The fourth-order valence-corrected chi connectivity index (χ4v) is 4.25. The Morgan fingerprint density at radius 3 is 2.77 bits per heavy atom. The van der Waals surface area contributed by atoms with Gasteiger partial charge in [0.05, 0.1) is 12.5 Å². The number of thioether (sulfide) groups is 1. The van der Waals surface area contributed by atoms with E-state index in [9.17, 15) is 14.7 Å². The summed E-state index contributed by atoms with van der Waals surface area (Å²) in [6.45, 7) is 0. The van der Waals surface area contributed by atoms with Crippen molar-refractivity contribution in [2.75, 3.05) is 11.5 Å². The highest BCUT2D eigenvalue weighted by molar-refractivity contribution is 7.99. The second kappa shape index (κ2) is 6.13. The minimum Gasteiger partial charge on any atom is -0.480 e. The van der Waals surface area contributed by atoms with Gasteiger partial charge in [0.2, 0.25) is 0 Å². The molecule has 0 spiro atoms. The van der Waals surface area contributed by atoms with E-state index in [0.717, 1.165) is 11.5 Å². The molecule has 0 aliphatic carbocycles. The van der Waals surface area contributed by atoms with Crippen molar-refractivity contribution in [3.8, 4) is 10.8 Å². The molecular formula is C14H14N2O4S2. The molecule has 3 rings (SSSR count). The van der Waals surface area contributed by atoms with Gasteiger partial charge in [-0.25, -0.2) is 9.78 Å². The Morgan fingerprint density at radius 1 is 1.36 bits per heavy atom. The second-order valence-corrected chi connectivity index (χ2v) is 7.22. The second-order valence-electron chi connectivity index (χ2n) is 4.96. The van der Waals surface area contributed by atoms with Crippen LogP contribution in [-0.4, -0.2) is 39.0 Å². The highest BCUT2D eigenvalue weighted by atomic mass is 32.2. The Labute approximate surface area is 134 Å². The summed E-state index contributed by atoms with van der Waals surface area (Å²) in [7, 11) is 0. The lowest BCUT2D eigenvalue weighted by Crippen LogP contribution is -2.56. The van der Waals surface area contributed by atoms with E-state index in [0.29, 0.717) is 28.5 Å². The molecule has 0 unspecified atom stereocenters. The van der Waals surface area contributed by atoms with Crippen LogP contribution in [0, 0.1) is 0 Å². The monoisotopic (exact) mass is 338 g/mol. The topological polar surface area (TPSA) is 92.4 Å². The molecule has 0 bridgehead atoms. The van der Waals surface area contributed by atoms with E-state index in [1.807, 2.05) is 0 Å². The maximum Gasteiger partial charge on any atom is 0.329 e. The van der Waals surface area contributed by atoms with Crippen LogP contribution in [0.25, 0.3) is 10.8 Å². The first kappa shape index (κ1) is 15.1. The van der Waals surface area contributed by atoms with Crippen LogP contribution >= 0.6 is 23.1 Å². The van der Waals surface area contributed by atoms with Crippen molar-refractivity contribution in [3.63, 3.8) is 0 Å². The number of nitrogens with one attached hydrogen (secondary N) is 1. The zero-order chi connectivity index (χ0) is 15.6. The maximum absolute atomic E-state index is 12.4. The molecule has 8 heteroatoms. The Kier molecular flexibility index (Phi) is 4.21. The van der Waals surface area contributed by atoms with Gasteiger partial charge in [0.25, 0.3) is 5.91 Å². The first-order valence-corrected chi connectivity index (χ1v) is 8.71. The molecule has 1 saturated heterocycles. The van der Waals surface area contributed by atoms with E-state index in [1.165, 1.54) is 23.8 Å². The minimum atomic E-state index is -1.17. The quantitative estimate of drug-likeness (QED) is 0.890. The average molecular weight is 338 g/mol. The fourth-order valence-electron chi connectivity index (χ4n) is 2.28. The number of carboxylic acids is 1.